The van der Waals surface area contributed by atoms with E-state index < -0.39 is 20.7 Å². The van der Waals surface area contributed by atoms with Crippen molar-refractivity contribution >= 4 is 16.0 Å². The summed E-state index contributed by atoms with van der Waals surface area (Å²) < 4.78 is 20.3. The molecule has 0 atom stereocenters. The normalized spacial score (nSPS) is 22.4. The summed E-state index contributed by atoms with van der Waals surface area (Å²) in [6.45, 7) is 0. The van der Waals surface area contributed by atoms with Crippen LogP contribution in [0, 0.1) is 0 Å². The smallest absolute Gasteiger partial charge is 0.326 e. The van der Waals surface area contributed by atoms with Crippen molar-refractivity contribution in [2.24, 2.45) is 5.14 Å². The third-order valence-corrected chi connectivity index (χ3v) is 4.02. The standard InChI is InChI=1S/C6H11NO4S/c7-12(10,11)6(5(8)9)3-1-2-4-6/h1-4H2,(H,8,9)(H2,7,10,11). The third-order valence-electron chi connectivity index (χ3n) is 2.35. The molecular weight excluding hydrogens is 182 g/mol. The molecule has 0 spiro atoms. The molecule has 70 valence electrons. The number of carbonyl (C=O) groups is 1. The zero-order chi connectivity index (χ0) is 9.41. The Morgan fingerprint density at radius 2 is 1.75 bits per heavy atom. The number of rotatable bonds is 2. The summed E-state index contributed by atoms with van der Waals surface area (Å²) in [6, 6.07) is 0. The van der Waals surface area contributed by atoms with E-state index in [9.17, 15) is 13.2 Å². The lowest BCUT2D eigenvalue weighted by molar-refractivity contribution is -0.139. The third kappa shape index (κ3) is 1.21. The predicted octanol–water partition coefficient (Wildman–Crippen LogP) is -0.328. The number of carboxylic acid groups (broad SMARTS) is 1. The average molecular weight is 193 g/mol. The maximum atomic E-state index is 11.0. The van der Waals surface area contributed by atoms with Crippen LogP contribution in [-0.2, 0) is 14.8 Å². The fourth-order valence-electron chi connectivity index (χ4n) is 1.57. The van der Waals surface area contributed by atoms with Gasteiger partial charge in [-0.15, -0.1) is 0 Å². The van der Waals surface area contributed by atoms with Crippen molar-refractivity contribution < 1.29 is 18.3 Å². The first-order valence-electron chi connectivity index (χ1n) is 3.66. The summed E-state index contributed by atoms with van der Waals surface area (Å²) in [5.41, 5.74) is 0. The molecule has 0 heterocycles. The van der Waals surface area contributed by atoms with Crippen molar-refractivity contribution in [3.05, 3.63) is 0 Å². The van der Waals surface area contributed by atoms with Gasteiger partial charge in [0.25, 0.3) is 0 Å². The fraction of sp³-hybridized carbons (Fsp3) is 0.833. The van der Waals surface area contributed by atoms with Gasteiger partial charge in [0.1, 0.15) is 0 Å². The molecule has 1 saturated carbocycles. The van der Waals surface area contributed by atoms with Gasteiger partial charge in [0, 0.05) is 0 Å². The molecule has 0 saturated heterocycles. The van der Waals surface area contributed by atoms with Gasteiger partial charge in [0.05, 0.1) is 0 Å². The van der Waals surface area contributed by atoms with Gasteiger partial charge >= 0.3 is 5.97 Å². The van der Waals surface area contributed by atoms with Crippen molar-refractivity contribution in [2.75, 3.05) is 0 Å². The maximum Gasteiger partial charge on any atom is 0.326 e. The molecule has 0 aromatic carbocycles. The Balaban J connectivity index is 3.12. The van der Waals surface area contributed by atoms with E-state index in [1.807, 2.05) is 0 Å². The minimum atomic E-state index is -3.96. The van der Waals surface area contributed by atoms with Gasteiger partial charge in [-0.3, -0.25) is 4.79 Å². The van der Waals surface area contributed by atoms with Crippen LogP contribution in [0.2, 0.25) is 0 Å². The van der Waals surface area contributed by atoms with Crippen LogP contribution >= 0.6 is 0 Å². The number of aliphatic carboxylic acids is 1. The lowest BCUT2D eigenvalue weighted by Gasteiger charge is -2.20. The van der Waals surface area contributed by atoms with Gasteiger partial charge in [-0.1, -0.05) is 12.8 Å². The highest BCUT2D eigenvalue weighted by atomic mass is 32.2. The van der Waals surface area contributed by atoms with Gasteiger partial charge in [0.15, 0.2) is 4.75 Å². The topological polar surface area (TPSA) is 97.5 Å². The Kier molecular flexibility index (Phi) is 2.13. The second-order valence-electron chi connectivity index (χ2n) is 3.05. The Morgan fingerprint density at radius 3 is 1.92 bits per heavy atom. The SMILES string of the molecule is NS(=O)(=O)C1(C(=O)O)CCCC1. The van der Waals surface area contributed by atoms with Crippen LogP contribution in [0.5, 0.6) is 0 Å². The zero-order valence-corrected chi connectivity index (χ0v) is 7.30. The Labute approximate surface area is 70.6 Å². The van der Waals surface area contributed by atoms with Crippen molar-refractivity contribution in [1.29, 1.82) is 0 Å². The molecule has 3 N–H and O–H groups in total. The van der Waals surface area contributed by atoms with Gasteiger partial charge in [-0.05, 0) is 12.8 Å². The fourth-order valence-corrected chi connectivity index (χ4v) is 2.67. The first-order chi connectivity index (χ1) is 5.40. The molecule has 12 heavy (non-hydrogen) atoms. The van der Waals surface area contributed by atoms with E-state index in [0.717, 1.165) is 0 Å². The summed E-state index contributed by atoms with van der Waals surface area (Å²) >= 11 is 0. The highest BCUT2D eigenvalue weighted by Gasteiger charge is 2.51. The van der Waals surface area contributed by atoms with Crippen molar-refractivity contribution in [1.82, 2.24) is 0 Å². The molecule has 0 aromatic heterocycles. The van der Waals surface area contributed by atoms with Crippen LogP contribution in [0.3, 0.4) is 0 Å². The second-order valence-corrected chi connectivity index (χ2v) is 4.92. The summed E-state index contributed by atoms with van der Waals surface area (Å²) in [5, 5.41) is 13.6. The molecule has 6 heteroatoms. The summed E-state index contributed by atoms with van der Waals surface area (Å²) in [5.74, 6) is -1.32. The molecule has 1 rings (SSSR count). The van der Waals surface area contributed by atoms with Crippen molar-refractivity contribution in [3.8, 4) is 0 Å². The summed E-state index contributed by atoms with van der Waals surface area (Å²) in [6.07, 6.45) is 1.51. The van der Waals surface area contributed by atoms with E-state index in [4.69, 9.17) is 10.2 Å². The maximum absolute atomic E-state index is 11.0. The highest BCUT2D eigenvalue weighted by Crippen LogP contribution is 2.35. The molecule has 1 aliphatic carbocycles. The Hall–Kier alpha value is -0.620. The van der Waals surface area contributed by atoms with Crippen molar-refractivity contribution in [2.45, 2.75) is 30.4 Å². The van der Waals surface area contributed by atoms with E-state index in [2.05, 4.69) is 0 Å². The van der Waals surface area contributed by atoms with E-state index >= 15 is 0 Å². The Morgan fingerprint density at radius 1 is 1.33 bits per heavy atom. The number of hydrogen-bond acceptors (Lipinski definition) is 3. The number of carboxylic acids is 1. The van der Waals surface area contributed by atoms with Crippen LogP contribution in [0.1, 0.15) is 25.7 Å². The summed E-state index contributed by atoms with van der Waals surface area (Å²) in [4.78, 5) is 10.7. The van der Waals surface area contributed by atoms with E-state index in [-0.39, 0.29) is 12.8 Å². The number of nitrogens with two attached hydrogens (primary N) is 1. The molecule has 0 unspecified atom stereocenters. The average Bonchev–Trinajstić information content (AvgIpc) is 2.31. The predicted molar refractivity (Wildman–Crippen MR) is 41.9 cm³/mol. The van der Waals surface area contributed by atoms with Crippen LogP contribution < -0.4 is 5.14 Å². The van der Waals surface area contributed by atoms with Crippen LogP contribution in [0.15, 0.2) is 0 Å². The largest absolute Gasteiger partial charge is 0.480 e. The molecule has 0 radical (unpaired) electrons. The lowest BCUT2D eigenvalue weighted by atomic mass is 10.1. The second kappa shape index (κ2) is 2.70. The quantitative estimate of drug-likeness (QED) is 0.627. The van der Waals surface area contributed by atoms with Gasteiger partial charge in [0.2, 0.25) is 10.0 Å². The molecular formula is C6H11NO4S. The molecule has 0 amide bonds. The molecule has 0 bridgehead atoms. The van der Waals surface area contributed by atoms with Crippen LogP contribution in [0.25, 0.3) is 0 Å². The van der Waals surface area contributed by atoms with Gasteiger partial charge in [-0.25, -0.2) is 13.6 Å². The van der Waals surface area contributed by atoms with Crippen molar-refractivity contribution in [3.63, 3.8) is 0 Å². The van der Waals surface area contributed by atoms with Gasteiger partial charge < -0.3 is 5.11 Å². The van der Waals surface area contributed by atoms with E-state index in [1.54, 1.807) is 0 Å². The summed E-state index contributed by atoms with van der Waals surface area (Å²) in [7, 11) is -3.96. The monoisotopic (exact) mass is 193 g/mol. The first kappa shape index (κ1) is 9.47. The minimum Gasteiger partial charge on any atom is -0.480 e. The zero-order valence-electron chi connectivity index (χ0n) is 6.49. The van der Waals surface area contributed by atoms with E-state index in [0.29, 0.717) is 12.8 Å². The molecule has 0 aliphatic heterocycles. The van der Waals surface area contributed by atoms with Crippen LogP contribution in [0.4, 0.5) is 0 Å². The molecule has 5 nitrogen and oxygen atoms in total. The number of sulfonamides is 1. The first-order valence-corrected chi connectivity index (χ1v) is 5.20. The van der Waals surface area contributed by atoms with Gasteiger partial charge in [-0.2, -0.15) is 0 Å². The molecule has 0 aromatic rings. The number of hydrogen-bond donors (Lipinski definition) is 2. The molecule has 1 fully saturated rings. The number of primary sulfonamides is 1. The van der Waals surface area contributed by atoms with Crippen LogP contribution in [-0.4, -0.2) is 24.2 Å². The molecule has 1 aliphatic rings. The van der Waals surface area contributed by atoms with E-state index in [1.165, 1.54) is 0 Å². The highest BCUT2D eigenvalue weighted by molar-refractivity contribution is 7.91. The minimum absolute atomic E-state index is 0.140. The Bertz CT molecular complexity index is 289. The lowest BCUT2D eigenvalue weighted by Crippen LogP contribution is -2.47.